The summed E-state index contributed by atoms with van der Waals surface area (Å²) in [6.45, 7) is 9.53. The van der Waals surface area contributed by atoms with Crippen LogP contribution in [0.4, 0.5) is 4.79 Å². The maximum Gasteiger partial charge on any atom is 0.408 e. The lowest BCUT2D eigenvalue weighted by Gasteiger charge is -2.22. The topological polar surface area (TPSA) is 38.3 Å². The predicted octanol–water partition coefficient (Wildman–Crippen LogP) is 3.58. The van der Waals surface area contributed by atoms with Crippen LogP contribution in [0.1, 0.15) is 44.9 Å². The minimum Gasteiger partial charge on any atom is -0.444 e. The Bertz CT molecular complexity index is 376. The molecule has 94 valence electrons. The average molecular weight is 235 g/mol. The normalized spacial score (nSPS) is 13.0. The molecule has 1 rings (SSSR count). The lowest BCUT2D eigenvalue weighted by Crippen LogP contribution is -2.34. The minimum absolute atomic E-state index is 0.0505. The number of alkyl carbamates (subject to hydrolysis) is 1. The maximum atomic E-state index is 11.6. The second-order valence-corrected chi connectivity index (χ2v) is 5.28. The van der Waals surface area contributed by atoms with Gasteiger partial charge in [0, 0.05) is 0 Å². The molecule has 1 unspecified atom stereocenters. The molecular formula is C14H21NO2. The van der Waals surface area contributed by atoms with E-state index in [1.165, 1.54) is 5.56 Å². The van der Waals surface area contributed by atoms with E-state index >= 15 is 0 Å². The van der Waals surface area contributed by atoms with Crippen LogP contribution in [0.5, 0.6) is 0 Å². The number of rotatable bonds is 2. The lowest BCUT2D eigenvalue weighted by molar-refractivity contribution is 0.0508. The highest BCUT2D eigenvalue weighted by Crippen LogP contribution is 2.14. The van der Waals surface area contributed by atoms with E-state index in [4.69, 9.17) is 4.74 Å². The Labute approximate surface area is 103 Å². The van der Waals surface area contributed by atoms with Gasteiger partial charge < -0.3 is 10.1 Å². The molecule has 0 aliphatic carbocycles. The number of carbonyl (C=O) groups excluding carboxylic acids is 1. The van der Waals surface area contributed by atoms with E-state index < -0.39 is 5.60 Å². The van der Waals surface area contributed by atoms with Gasteiger partial charge >= 0.3 is 6.09 Å². The van der Waals surface area contributed by atoms with Crippen LogP contribution in [0.15, 0.2) is 24.3 Å². The maximum absolute atomic E-state index is 11.6. The van der Waals surface area contributed by atoms with Crippen molar-refractivity contribution < 1.29 is 9.53 Å². The molecule has 3 heteroatoms. The van der Waals surface area contributed by atoms with Gasteiger partial charge in [-0.15, -0.1) is 0 Å². The molecule has 1 atom stereocenters. The average Bonchev–Trinajstić information content (AvgIpc) is 2.15. The number of ether oxygens (including phenoxy) is 1. The van der Waals surface area contributed by atoms with Crippen LogP contribution in [0.2, 0.25) is 0 Å². The first-order valence-corrected chi connectivity index (χ1v) is 5.84. The molecule has 0 spiro atoms. The summed E-state index contributed by atoms with van der Waals surface area (Å²) in [4.78, 5) is 11.6. The van der Waals surface area contributed by atoms with Crippen molar-refractivity contribution in [2.45, 2.75) is 46.3 Å². The monoisotopic (exact) mass is 235 g/mol. The molecule has 1 aromatic carbocycles. The zero-order valence-electron chi connectivity index (χ0n) is 11.2. The fourth-order valence-electron chi connectivity index (χ4n) is 1.42. The smallest absolute Gasteiger partial charge is 0.408 e. The zero-order chi connectivity index (χ0) is 13.1. The molecule has 0 fully saturated rings. The fourth-order valence-corrected chi connectivity index (χ4v) is 1.42. The molecule has 1 amide bonds. The van der Waals surface area contributed by atoms with Gasteiger partial charge in [-0.05, 0) is 40.2 Å². The van der Waals surface area contributed by atoms with E-state index in [2.05, 4.69) is 5.32 Å². The van der Waals surface area contributed by atoms with Crippen LogP contribution in [0.3, 0.4) is 0 Å². The predicted molar refractivity (Wildman–Crippen MR) is 69.0 cm³/mol. The number of hydrogen-bond acceptors (Lipinski definition) is 2. The third kappa shape index (κ3) is 4.89. The van der Waals surface area contributed by atoms with Crippen LogP contribution in [-0.4, -0.2) is 11.7 Å². The van der Waals surface area contributed by atoms with Crippen molar-refractivity contribution in [2.24, 2.45) is 0 Å². The van der Waals surface area contributed by atoms with Crippen LogP contribution < -0.4 is 5.32 Å². The number of carbonyl (C=O) groups is 1. The lowest BCUT2D eigenvalue weighted by atomic mass is 10.1. The molecule has 1 aromatic rings. The quantitative estimate of drug-likeness (QED) is 0.850. The van der Waals surface area contributed by atoms with Gasteiger partial charge in [-0.2, -0.15) is 0 Å². The highest BCUT2D eigenvalue weighted by Gasteiger charge is 2.18. The summed E-state index contributed by atoms with van der Waals surface area (Å²) in [5, 5.41) is 2.81. The van der Waals surface area contributed by atoms with Crippen molar-refractivity contribution >= 4 is 6.09 Å². The third-order valence-corrected chi connectivity index (χ3v) is 2.31. The van der Waals surface area contributed by atoms with E-state index in [1.807, 2.05) is 58.9 Å². The Morgan fingerprint density at radius 2 is 1.76 bits per heavy atom. The van der Waals surface area contributed by atoms with Gasteiger partial charge in [-0.3, -0.25) is 0 Å². The van der Waals surface area contributed by atoms with Gasteiger partial charge in [0.1, 0.15) is 5.60 Å². The number of nitrogens with one attached hydrogen (secondary N) is 1. The highest BCUT2D eigenvalue weighted by atomic mass is 16.6. The van der Waals surface area contributed by atoms with Crippen LogP contribution in [0.25, 0.3) is 0 Å². The van der Waals surface area contributed by atoms with Crippen molar-refractivity contribution in [1.82, 2.24) is 5.32 Å². The van der Waals surface area contributed by atoms with E-state index in [0.29, 0.717) is 0 Å². The number of amides is 1. The molecule has 1 N–H and O–H groups in total. The Balaban J connectivity index is 2.57. The van der Waals surface area contributed by atoms with Gasteiger partial charge in [-0.25, -0.2) is 4.79 Å². The third-order valence-electron chi connectivity index (χ3n) is 2.31. The molecule has 0 saturated heterocycles. The number of hydrogen-bond donors (Lipinski definition) is 1. The molecule has 3 nitrogen and oxygen atoms in total. The van der Waals surface area contributed by atoms with Crippen molar-refractivity contribution in [2.75, 3.05) is 0 Å². The van der Waals surface area contributed by atoms with Crippen LogP contribution in [-0.2, 0) is 4.74 Å². The number of benzene rings is 1. The minimum atomic E-state index is -0.461. The molecule has 0 aliphatic heterocycles. The van der Waals surface area contributed by atoms with E-state index in [9.17, 15) is 4.79 Å². The fraction of sp³-hybridized carbons (Fsp3) is 0.500. The molecule has 0 bridgehead atoms. The second-order valence-electron chi connectivity index (χ2n) is 5.28. The van der Waals surface area contributed by atoms with E-state index in [0.717, 1.165) is 5.56 Å². The SMILES string of the molecule is Cc1ccc(C(C)NC(=O)OC(C)(C)C)cc1. The van der Waals surface area contributed by atoms with Crippen molar-refractivity contribution in [3.05, 3.63) is 35.4 Å². The summed E-state index contributed by atoms with van der Waals surface area (Å²) < 4.78 is 5.20. The standard InChI is InChI=1S/C14H21NO2/c1-10-6-8-12(9-7-10)11(2)15-13(16)17-14(3,4)5/h6-9,11H,1-5H3,(H,15,16). The summed E-state index contributed by atoms with van der Waals surface area (Å²) in [6, 6.07) is 8.03. The van der Waals surface area contributed by atoms with Crippen LogP contribution in [0, 0.1) is 6.92 Å². The molecule has 0 heterocycles. The molecule has 0 aromatic heterocycles. The molecule has 0 aliphatic rings. The zero-order valence-corrected chi connectivity index (χ0v) is 11.2. The highest BCUT2D eigenvalue weighted by molar-refractivity contribution is 5.68. The summed E-state index contributed by atoms with van der Waals surface area (Å²) in [5.74, 6) is 0. The molecule has 17 heavy (non-hydrogen) atoms. The largest absolute Gasteiger partial charge is 0.444 e. The Morgan fingerprint density at radius 1 is 1.24 bits per heavy atom. The number of aryl methyl sites for hydroxylation is 1. The van der Waals surface area contributed by atoms with Crippen molar-refractivity contribution in [1.29, 1.82) is 0 Å². The van der Waals surface area contributed by atoms with E-state index in [-0.39, 0.29) is 12.1 Å². The summed E-state index contributed by atoms with van der Waals surface area (Å²) in [7, 11) is 0. The van der Waals surface area contributed by atoms with Crippen molar-refractivity contribution in [3.63, 3.8) is 0 Å². The Morgan fingerprint density at radius 3 is 2.24 bits per heavy atom. The second kappa shape index (κ2) is 5.21. The van der Waals surface area contributed by atoms with Gasteiger partial charge in [0.2, 0.25) is 0 Å². The summed E-state index contributed by atoms with van der Waals surface area (Å²) in [6.07, 6.45) is -0.384. The van der Waals surface area contributed by atoms with Gasteiger partial charge in [0.05, 0.1) is 6.04 Å². The van der Waals surface area contributed by atoms with Gasteiger partial charge in [0.25, 0.3) is 0 Å². The van der Waals surface area contributed by atoms with Crippen LogP contribution >= 0.6 is 0 Å². The van der Waals surface area contributed by atoms with Gasteiger partial charge in [0.15, 0.2) is 0 Å². The van der Waals surface area contributed by atoms with E-state index in [1.54, 1.807) is 0 Å². The van der Waals surface area contributed by atoms with Gasteiger partial charge in [-0.1, -0.05) is 29.8 Å². The first kappa shape index (κ1) is 13.6. The molecule has 0 radical (unpaired) electrons. The first-order valence-electron chi connectivity index (χ1n) is 5.84. The Hall–Kier alpha value is -1.51. The summed E-state index contributed by atoms with van der Waals surface area (Å²) >= 11 is 0. The summed E-state index contributed by atoms with van der Waals surface area (Å²) in [5.41, 5.74) is 1.82. The van der Waals surface area contributed by atoms with Crippen molar-refractivity contribution in [3.8, 4) is 0 Å². The Kier molecular flexibility index (Phi) is 4.16. The first-order chi connectivity index (χ1) is 7.78. The molecule has 0 saturated carbocycles. The molecular weight excluding hydrogens is 214 g/mol.